The number of hydrogen-bond acceptors (Lipinski definition) is 6. The summed E-state index contributed by atoms with van der Waals surface area (Å²) in [7, 11) is 1.55. The first kappa shape index (κ1) is 27.9. The standard InChI is InChI=1S/C29H26BrF3N4O3/c1-16-6-7-17(27(38)35-21-5-3-4-19(14-21)29(31,32)33)12-22(16)23-13-18-15-34-28(36-20-8-10-40-11-9-20)37-25(18)24(30)26(23)39-2/h3-7,12-15,20H,8-11H2,1-2H3,(H,35,38)(H,34,36,37). The van der Waals surface area contributed by atoms with Crippen molar-refractivity contribution >= 4 is 44.4 Å². The van der Waals surface area contributed by atoms with Crippen LogP contribution in [-0.2, 0) is 10.9 Å². The van der Waals surface area contributed by atoms with Gasteiger partial charge in [-0.25, -0.2) is 9.97 Å². The molecule has 4 aromatic rings. The van der Waals surface area contributed by atoms with Crippen molar-refractivity contribution in [2.24, 2.45) is 0 Å². The third kappa shape index (κ3) is 5.90. The number of anilines is 2. The maximum atomic E-state index is 13.1. The van der Waals surface area contributed by atoms with E-state index in [1.54, 1.807) is 31.5 Å². The molecule has 0 spiro atoms. The molecule has 1 aliphatic rings. The van der Waals surface area contributed by atoms with Crippen LogP contribution in [0.15, 0.2) is 59.2 Å². The zero-order valence-electron chi connectivity index (χ0n) is 21.7. The van der Waals surface area contributed by atoms with Crippen LogP contribution >= 0.6 is 15.9 Å². The molecule has 3 aromatic carbocycles. The Bertz CT molecular complexity index is 1570. The number of methoxy groups -OCH3 is 1. The van der Waals surface area contributed by atoms with E-state index in [4.69, 9.17) is 14.5 Å². The first-order chi connectivity index (χ1) is 19.1. The minimum atomic E-state index is -4.51. The average Bonchev–Trinajstić information content (AvgIpc) is 2.94. The number of aromatic nitrogens is 2. The van der Waals surface area contributed by atoms with Gasteiger partial charge in [0.1, 0.15) is 5.75 Å². The highest BCUT2D eigenvalue weighted by molar-refractivity contribution is 9.10. The summed E-state index contributed by atoms with van der Waals surface area (Å²) in [4.78, 5) is 22.3. The number of ether oxygens (including phenoxy) is 2. The zero-order chi connectivity index (χ0) is 28.4. The number of fused-ring (bicyclic) bond motifs is 1. The Kier molecular flexibility index (Phi) is 7.95. The molecule has 1 aromatic heterocycles. The Morgan fingerprint density at radius 1 is 1.10 bits per heavy atom. The molecule has 0 unspecified atom stereocenters. The fourth-order valence-corrected chi connectivity index (χ4v) is 5.34. The molecule has 1 saturated heterocycles. The number of carbonyl (C=O) groups excluding carboxylic acids is 1. The van der Waals surface area contributed by atoms with Gasteiger partial charge < -0.3 is 20.1 Å². The van der Waals surface area contributed by atoms with E-state index in [1.807, 2.05) is 13.0 Å². The van der Waals surface area contributed by atoms with E-state index in [0.29, 0.717) is 40.5 Å². The van der Waals surface area contributed by atoms with Crippen molar-refractivity contribution in [3.8, 4) is 16.9 Å². The third-order valence-electron chi connectivity index (χ3n) is 6.77. The van der Waals surface area contributed by atoms with Gasteiger partial charge in [-0.05, 0) is 83.2 Å². The van der Waals surface area contributed by atoms with Gasteiger partial charge in [0.25, 0.3) is 5.91 Å². The largest absolute Gasteiger partial charge is 0.495 e. The topological polar surface area (TPSA) is 85.4 Å². The number of halogens is 4. The fraction of sp³-hybridized carbons (Fsp3) is 0.276. The second-order valence-electron chi connectivity index (χ2n) is 9.50. The van der Waals surface area contributed by atoms with Gasteiger partial charge in [-0.15, -0.1) is 0 Å². The molecule has 1 aliphatic heterocycles. The van der Waals surface area contributed by atoms with E-state index in [1.165, 1.54) is 12.1 Å². The smallest absolute Gasteiger partial charge is 0.416 e. The van der Waals surface area contributed by atoms with Crippen LogP contribution in [0, 0.1) is 6.92 Å². The highest BCUT2D eigenvalue weighted by atomic mass is 79.9. The normalized spacial score (nSPS) is 14.2. The van der Waals surface area contributed by atoms with E-state index < -0.39 is 17.6 Å². The van der Waals surface area contributed by atoms with E-state index in [-0.39, 0.29) is 17.3 Å². The number of rotatable bonds is 6. The molecule has 208 valence electrons. The summed E-state index contributed by atoms with van der Waals surface area (Å²) in [5.41, 5.74) is 2.47. The highest BCUT2D eigenvalue weighted by Gasteiger charge is 2.30. The average molecular weight is 615 g/mol. The molecule has 40 heavy (non-hydrogen) atoms. The first-order valence-corrected chi connectivity index (χ1v) is 13.4. The number of nitrogens with zero attached hydrogens (tertiary/aromatic N) is 2. The van der Waals surface area contributed by atoms with Gasteiger partial charge in [-0.2, -0.15) is 13.2 Å². The van der Waals surface area contributed by atoms with E-state index in [9.17, 15) is 18.0 Å². The van der Waals surface area contributed by atoms with E-state index in [0.717, 1.165) is 41.5 Å². The van der Waals surface area contributed by atoms with Crippen LogP contribution < -0.4 is 15.4 Å². The molecule has 0 bridgehead atoms. The Morgan fingerprint density at radius 3 is 2.60 bits per heavy atom. The number of carbonyl (C=O) groups is 1. The van der Waals surface area contributed by atoms with Crippen molar-refractivity contribution in [1.29, 1.82) is 0 Å². The predicted octanol–water partition coefficient (Wildman–Crippen LogP) is 7.24. The number of amides is 1. The molecule has 11 heteroatoms. The van der Waals surface area contributed by atoms with Gasteiger partial charge in [0, 0.05) is 47.7 Å². The van der Waals surface area contributed by atoms with E-state index >= 15 is 0 Å². The van der Waals surface area contributed by atoms with Gasteiger partial charge in [-0.3, -0.25) is 4.79 Å². The summed E-state index contributed by atoms with van der Waals surface area (Å²) in [5, 5.41) is 6.70. The van der Waals surface area contributed by atoms with Crippen molar-refractivity contribution in [2.45, 2.75) is 32.0 Å². The molecular formula is C29H26BrF3N4O3. The van der Waals surface area contributed by atoms with Crippen molar-refractivity contribution in [1.82, 2.24) is 9.97 Å². The summed E-state index contributed by atoms with van der Waals surface area (Å²) in [6, 6.07) is 11.8. The van der Waals surface area contributed by atoms with Gasteiger partial charge in [0.2, 0.25) is 5.95 Å². The van der Waals surface area contributed by atoms with Crippen LogP contribution in [0.3, 0.4) is 0 Å². The predicted molar refractivity (Wildman–Crippen MR) is 151 cm³/mol. The van der Waals surface area contributed by atoms with Crippen LogP contribution in [0.4, 0.5) is 24.8 Å². The molecule has 7 nitrogen and oxygen atoms in total. The van der Waals surface area contributed by atoms with Crippen molar-refractivity contribution in [2.75, 3.05) is 31.0 Å². The lowest BCUT2D eigenvalue weighted by molar-refractivity contribution is -0.137. The molecule has 1 fully saturated rings. The van der Waals surface area contributed by atoms with Gasteiger partial charge in [-0.1, -0.05) is 12.1 Å². The number of aryl methyl sites for hydroxylation is 1. The lowest BCUT2D eigenvalue weighted by atomic mass is 9.96. The SMILES string of the molecule is COc1c(-c2cc(C(=O)Nc3cccc(C(F)(F)F)c3)ccc2C)cc2cnc(NC3CCOCC3)nc2c1Br. The second kappa shape index (κ2) is 11.4. The van der Waals surface area contributed by atoms with Crippen LogP contribution in [0.25, 0.3) is 22.0 Å². The minimum Gasteiger partial charge on any atom is -0.495 e. The number of nitrogens with one attached hydrogen (secondary N) is 2. The monoisotopic (exact) mass is 614 g/mol. The van der Waals surface area contributed by atoms with Crippen LogP contribution in [0.2, 0.25) is 0 Å². The number of hydrogen-bond donors (Lipinski definition) is 2. The molecule has 0 radical (unpaired) electrons. The van der Waals surface area contributed by atoms with Gasteiger partial charge in [0.15, 0.2) is 0 Å². The molecule has 0 saturated carbocycles. The fourth-order valence-electron chi connectivity index (χ4n) is 4.64. The van der Waals surface area contributed by atoms with Crippen molar-refractivity contribution in [3.05, 3.63) is 75.9 Å². The summed E-state index contributed by atoms with van der Waals surface area (Å²) in [6.07, 6.45) is -1.02. The van der Waals surface area contributed by atoms with Crippen molar-refractivity contribution in [3.63, 3.8) is 0 Å². The van der Waals surface area contributed by atoms with Crippen LogP contribution in [0.1, 0.15) is 34.3 Å². The quantitative estimate of drug-likeness (QED) is 0.238. The Hall–Kier alpha value is -3.70. The Balaban J connectivity index is 1.48. The molecule has 0 atom stereocenters. The lowest BCUT2D eigenvalue weighted by Gasteiger charge is -2.23. The number of benzene rings is 3. The maximum Gasteiger partial charge on any atom is 0.416 e. The molecule has 0 aliphatic carbocycles. The van der Waals surface area contributed by atoms with Gasteiger partial charge in [0.05, 0.1) is 22.7 Å². The molecule has 2 heterocycles. The third-order valence-corrected chi connectivity index (χ3v) is 7.50. The molecule has 5 rings (SSSR count). The van der Waals surface area contributed by atoms with Crippen LogP contribution in [0.5, 0.6) is 5.75 Å². The van der Waals surface area contributed by atoms with Gasteiger partial charge >= 0.3 is 6.18 Å². The Labute approximate surface area is 237 Å². The molecular weight excluding hydrogens is 589 g/mol. The zero-order valence-corrected chi connectivity index (χ0v) is 23.3. The Morgan fingerprint density at radius 2 is 1.88 bits per heavy atom. The van der Waals surface area contributed by atoms with E-state index in [2.05, 4.69) is 31.5 Å². The summed E-state index contributed by atoms with van der Waals surface area (Å²) in [6.45, 7) is 3.30. The van der Waals surface area contributed by atoms with Crippen LogP contribution in [-0.4, -0.2) is 42.2 Å². The maximum absolute atomic E-state index is 13.1. The van der Waals surface area contributed by atoms with Crippen molar-refractivity contribution < 1.29 is 27.4 Å². The summed E-state index contributed by atoms with van der Waals surface area (Å²) >= 11 is 3.65. The lowest BCUT2D eigenvalue weighted by Crippen LogP contribution is -2.28. The number of alkyl halides is 3. The summed E-state index contributed by atoms with van der Waals surface area (Å²) in [5.74, 6) is 0.507. The highest BCUT2D eigenvalue weighted by Crippen LogP contribution is 2.42. The summed E-state index contributed by atoms with van der Waals surface area (Å²) < 4.78 is 51.2. The first-order valence-electron chi connectivity index (χ1n) is 12.6. The minimum absolute atomic E-state index is 0.0512. The second-order valence-corrected chi connectivity index (χ2v) is 10.3. The molecule has 1 amide bonds. The molecule has 2 N–H and O–H groups in total.